The molecule has 0 atom stereocenters. The highest BCUT2D eigenvalue weighted by Crippen LogP contribution is 2.18. The number of hydrogen-bond donors (Lipinski definition) is 1. The van der Waals surface area contributed by atoms with Gasteiger partial charge in [-0.2, -0.15) is 0 Å². The van der Waals surface area contributed by atoms with Gasteiger partial charge in [-0.25, -0.2) is 0 Å². The van der Waals surface area contributed by atoms with E-state index in [9.17, 15) is 4.79 Å². The summed E-state index contributed by atoms with van der Waals surface area (Å²) in [6.45, 7) is 1.95. The van der Waals surface area contributed by atoms with E-state index >= 15 is 0 Å². The van der Waals surface area contributed by atoms with Crippen LogP contribution >= 0.6 is 11.8 Å². The lowest BCUT2D eigenvalue weighted by atomic mass is 10.3. The highest BCUT2D eigenvalue weighted by molar-refractivity contribution is 7.99. The molecule has 2 aromatic rings. The molecule has 0 unspecified atom stereocenters. The number of rotatable bonds is 7. The molecule has 6 nitrogen and oxygen atoms in total. The van der Waals surface area contributed by atoms with Crippen LogP contribution in [0.3, 0.4) is 0 Å². The summed E-state index contributed by atoms with van der Waals surface area (Å²) in [7, 11) is 1.63. The number of nitrogens with zero attached hydrogens (tertiary/aromatic N) is 2. The molecule has 0 saturated heterocycles. The Morgan fingerprint density at radius 2 is 2.10 bits per heavy atom. The van der Waals surface area contributed by atoms with E-state index in [1.54, 1.807) is 7.11 Å². The van der Waals surface area contributed by atoms with E-state index in [0.717, 1.165) is 11.4 Å². The van der Waals surface area contributed by atoms with Crippen LogP contribution in [0.15, 0.2) is 33.9 Å². The molecule has 0 spiro atoms. The molecular formula is C13H15N3O3S. The number of methoxy groups -OCH3 is 1. The predicted molar refractivity (Wildman–Crippen MR) is 76.0 cm³/mol. The number of carbonyl (C=O) groups is 1. The van der Waals surface area contributed by atoms with Crippen LogP contribution in [0.5, 0.6) is 5.75 Å². The number of ether oxygens (including phenoxy) is 1. The predicted octanol–water partition coefficient (Wildman–Crippen LogP) is 2.37. The smallest absolute Gasteiger partial charge is 0.277 e. The zero-order valence-corrected chi connectivity index (χ0v) is 12.1. The van der Waals surface area contributed by atoms with Crippen LogP contribution in [-0.4, -0.2) is 28.8 Å². The van der Waals surface area contributed by atoms with Crippen molar-refractivity contribution in [2.75, 3.05) is 18.2 Å². The molecule has 1 heterocycles. The third-order valence-electron chi connectivity index (χ3n) is 2.38. The number of ketones is 1. The summed E-state index contributed by atoms with van der Waals surface area (Å²) in [5.74, 6) is 1.70. The Hall–Kier alpha value is -2.02. The molecule has 0 radical (unpaired) electrons. The highest BCUT2D eigenvalue weighted by atomic mass is 32.2. The fourth-order valence-electron chi connectivity index (χ4n) is 1.42. The number of aromatic nitrogens is 2. The monoisotopic (exact) mass is 293 g/mol. The van der Waals surface area contributed by atoms with Gasteiger partial charge in [0.2, 0.25) is 5.89 Å². The first-order valence-corrected chi connectivity index (χ1v) is 6.98. The molecule has 1 N–H and O–H groups in total. The van der Waals surface area contributed by atoms with Gasteiger partial charge in [0.25, 0.3) is 5.22 Å². The van der Waals surface area contributed by atoms with Gasteiger partial charge in [-0.1, -0.05) is 11.8 Å². The summed E-state index contributed by atoms with van der Waals surface area (Å²) in [4.78, 5) is 10.9. The summed E-state index contributed by atoms with van der Waals surface area (Å²) in [5.41, 5.74) is 0.932. The Morgan fingerprint density at radius 1 is 1.35 bits per heavy atom. The fourth-order valence-corrected chi connectivity index (χ4v) is 2.00. The lowest BCUT2D eigenvalue weighted by Gasteiger charge is -2.04. The van der Waals surface area contributed by atoms with E-state index < -0.39 is 0 Å². The van der Waals surface area contributed by atoms with Gasteiger partial charge in [-0.05, 0) is 31.2 Å². The van der Waals surface area contributed by atoms with Gasteiger partial charge in [0.1, 0.15) is 11.5 Å². The van der Waals surface area contributed by atoms with Crippen molar-refractivity contribution >= 4 is 23.2 Å². The molecule has 0 saturated carbocycles. The maximum Gasteiger partial charge on any atom is 0.277 e. The second kappa shape index (κ2) is 6.95. The molecule has 1 aromatic carbocycles. The molecule has 0 bridgehead atoms. The van der Waals surface area contributed by atoms with Crippen molar-refractivity contribution in [3.8, 4) is 5.75 Å². The Labute approximate surface area is 120 Å². The fraction of sp³-hybridized carbons (Fsp3) is 0.308. The first-order valence-electron chi connectivity index (χ1n) is 6.00. The topological polar surface area (TPSA) is 77.2 Å². The number of carbonyl (C=O) groups excluding carboxylic acids is 1. The highest BCUT2D eigenvalue weighted by Gasteiger charge is 2.07. The van der Waals surface area contributed by atoms with Crippen LogP contribution in [0.2, 0.25) is 0 Å². The molecule has 7 heteroatoms. The van der Waals surface area contributed by atoms with Crippen molar-refractivity contribution in [3.05, 3.63) is 30.2 Å². The van der Waals surface area contributed by atoms with Crippen LogP contribution in [0, 0.1) is 0 Å². The van der Waals surface area contributed by atoms with Gasteiger partial charge in [0.05, 0.1) is 19.4 Å². The maximum atomic E-state index is 10.9. The zero-order chi connectivity index (χ0) is 14.4. The quantitative estimate of drug-likeness (QED) is 0.785. The van der Waals surface area contributed by atoms with E-state index in [2.05, 4.69) is 15.5 Å². The van der Waals surface area contributed by atoms with Gasteiger partial charge in [0.15, 0.2) is 0 Å². The van der Waals surface area contributed by atoms with Crippen molar-refractivity contribution in [2.24, 2.45) is 0 Å². The number of Topliss-reactive ketones (excluding diaryl/α,β-unsaturated/α-hetero) is 1. The molecule has 0 aliphatic rings. The number of nitrogens with one attached hydrogen (secondary N) is 1. The number of hydrogen-bond acceptors (Lipinski definition) is 7. The molecule has 20 heavy (non-hydrogen) atoms. The first-order chi connectivity index (χ1) is 9.67. The lowest BCUT2D eigenvalue weighted by Crippen LogP contribution is -1.99. The van der Waals surface area contributed by atoms with Crippen LogP contribution in [-0.2, 0) is 11.3 Å². The molecular weight excluding hydrogens is 278 g/mol. The van der Waals surface area contributed by atoms with Gasteiger partial charge in [-0.15, -0.1) is 10.2 Å². The second-order valence-electron chi connectivity index (χ2n) is 4.03. The molecule has 0 aliphatic carbocycles. The molecule has 2 rings (SSSR count). The largest absolute Gasteiger partial charge is 0.497 e. The van der Waals surface area contributed by atoms with Gasteiger partial charge in [-0.3, -0.25) is 4.79 Å². The summed E-state index contributed by atoms with van der Waals surface area (Å²) in [6.07, 6.45) is 0. The Bertz CT molecular complexity index is 568. The zero-order valence-electron chi connectivity index (χ0n) is 11.3. The van der Waals surface area contributed by atoms with E-state index in [1.165, 1.54) is 18.7 Å². The summed E-state index contributed by atoms with van der Waals surface area (Å²) in [5, 5.41) is 11.3. The molecule has 0 aliphatic heterocycles. The minimum absolute atomic E-state index is 0.0751. The van der Waals surface area contributed by atoms with Crippen molar-refractivity contribution in [2.45, 2.75) is 18.7 Å². The van der Waals surface area contributed by atoms with E-state index in [1.807, 2.05) is 24.3 Å². The van der Waals surface area contributed by atoms with Crippen molar-refractivity contribution in [1.82, 2.24) is 10.2 Å². The van der Waals surface area contributed by atoms with Gasteiger partial charge in [0, 0.05) is 5.69 Å². The van der Waals surface area contributed by atoms with Crippen LogP contribution in [0.4, 0.5) is 5.69 Å². The second-order valence-corrected chi connectivity index (χ2v) is 4.96. The third kappa shape index (κ3) is 4.27. The standard InChI is InChI=1S/C13H15N3O3S/c1-9(17)8-20-13-16-15-12(19-13)7-14-10-3-5-11(18-2)6-4-10/h3-6,14H,7-8H2,1-2H3. The van der Waals surface area contributed by atoms with Crippen LogP contribution < -0.4 is 10.1 Å². The molecule has 0 fully saturated rings. The SMILES string of the molecule is COc1ccc(NCc2nnc(SCC(C)=O)o2)cc1. The van der Waals surface area contributed by atoms with Crippen molar-refractivity contribution in [1.29, 1.82) is 0 Å². The van der Waals surface area contributed by atoms with E-state index in [0.29, 0.717) is 23.4 Å². The van der Waals surface area contributed by atoms with Crippen molar-refractivity contribution < 1.29 is 13.9 Å². The average molecular weight is 293 g/mol. The summed E-state index contributed by atoms with van der Waals surface area (Å²) < 4.78 is 10.5. The maximum absolute atomic E-state index is 10.9. The Balaban J connectivity index is 1.85. The number of thioether (sulfide) groups is 1. The third-order valence-corrected chi connectivity index (χ3v) is 3.34. The Morgan fingerprint density at radius 3 is 2.75 bits per heavy atom. The lowest BCUT2D eigenvalue weighted by molar-refractivity contribution is -0.114. The van der Waals surface area contributed by atoms with Crippen LogP contribution in [0.1, 0.15) is 12.8 Å². The van der Waals surface area contributed by atoms with E-state index in [-0.39, 0.29) is 5.78 Å². The van der Waals surface area contributed by atoms with E-state index in [4.69, 9.17) is 9.15 Å². The van der Waals surface area contributed by atoms with Crippen molar-refractivity contribution in [3.63, 3.8) is 0 Å². The molecule has 106 valence electrons. The summed E-state index contributed by atoms with van der Waals surface area (Å²) in [6, 6.07) is 7.54. The average Bonchev–Trinajstić information content (AvgIpc) is 2.91. The Kier molecular flexibility index (Phi) is 5.00. The molecule has 0 amide bonds. The summed E-state index contributed by atoms with van der Waals surface area (Å²) >= 11 is 1.24. The minimum Gasteiger partial charge on any atom is -0.497 e. The molecule has 1 aromatic heterocycles. The van der Waals surface area contributed by atoms with Gasteiger partial charge >= 0.3 is 0 Å². The number of benzene rings is 1. The van der Waals surface area contributed by atoms with Gasteiger partial charge < -0.3 is 14.5 Å². The normalized spacial score (nSPS) is 10.3. The number of anilines is 1. The first kappa shape index (κ1) is 14.4. The van der Waals surface area contributed by atoms with Crippen LogP contribution in [0.25, 0.3) is 0 Å². The minimum atomic E-state index is 0.0751.